The van der Waals surface area contributed by atoms with Crippen LogP contribution in [-0.4, -0.2) is 36.4 Å². The molecule has 0 saturated heterocycles. The predicted molar refractivity (Wildman–Crippen MR) is 83.2 cm³/mol. The molecule has 0 N–H and O–H groups in total. The molecule has 1 aliphatic heterocycles. The van der Waals surface area contributed by atoms with Crippen molar-refractivity contribution in [3.8, 4) is 0 Å². The van der Waals surface area contributed by atoms with Gasteiger partial charge in [-0.1, -0.05) is 29.8 Å². The molecule has 1 aromatic rings. The van der Waals surface area contributed by atoms with Gasteiger partial charge in [0.1, 0.15) is 5.60 Å². The summed E-state index contributed by atoms with van der Waals surface area (Å²) in [5.74, 6) is 0. The normalized spacial score (nSPS) is 16.2. The van der Waals surface area contributed by atoms with Crippen LogP contribution in [0.3, 0.4) is 0 Å². The van der Waals surface area contributed by atoms with E-state index in [4.69, 9.17) is 21.1 Å². The van der Waals surface area contributed by atoms with Crippen molar-refractivity contribution in [3.63, 3.8) is 0 Å². The van der Waals surface area contributed by atoms with Gasteiger partial charge >= 0.3 is 6.09 Å². The molecule has 5 heteroatoms. The van der Waals surface area contributed by atoms with Crippen molar-refractivity contribution in [2.45, 2.75) is 26.4 Å². The van der Waals surface area contributed by atoms with Crippen molar-refractivity contribution in [2.24, 2.45) is 0 Å². The van der Waals surface area contributed by atoms with Crippen LogP contribution in [0, 0.1) is 0 Å². The van der Waals surface area contributed by atoms with Crippen LogP contribution >= 0.6 is 11.6 Å². The smallest absolute Gasteiger partial charge is 0.414 e. The van der Waals surface area contributed by atoms with Crippen molar-refractivity contribution < 1.29 is 14.3 Å². The number of nitrogens with zero attached hydrogens (tertiary/aromatic N) is 1. The lowest BCUT2D eigenvalue weighted by Gasteiger charge is -2.28. The fraction of sp³-hybridized carbons (Fsp3) is 0.438. The lowest BCUT2D eigenvalue weighted by Crippen LogP contribution is -2.37. The van der Waals surface area contributed by atoms with E-state index < -0.39 is 5.60 Å². The van der Waals surface area contributed by atoms with Gasteiger partial charge in [-0.15, -0.1) is 0 Å². The molecule has 1 aromatic carbocycles. The number of hydrogen-bond acceptors (Lipinski definition) is 3. The highest BCUT2D eigenvalue weighted by atomic mass is 35.5. The summed E-state index contributed by atoms with van der Waals surface area (Å²) in [5, 5.41) is 0.596. The van der Waals surface area contributed by atoms with Crippen LogP contribution in [0.1, 0.15) is 26.3 Å². The summed E-state index contributed by atoms with van der Waals surface area (Å²) in [4.78, 5) is 14.0. The van der Waals surface area contributed by atoms with Gasteiger partial charge in [0.2, 0.25) is 0 Å². The molecule has 0 spiro atoms. The molecule has 0 bridgehead atoms. The second kappa shape index (κ2) is 6.50. The van der Waals surface area contributed by atoms with Gasteiger partial charge in [0.25, 0.3) is 0 Å². The Morgan fingerprint density at radius 2 is 2.05 bits per heavy atom. The molecule has 0 aliphatic carbocycles. The molecule has 0 saturated carbocycles. The van der Waals surface area contributed by atoms with E-state index in [2.05, 4.69) is 0 Å². The Labute approximate surface area is 130 Å². The quantitative estimate of drug-likeness (QED) is 0.788. The molecular formula is C16H20ClNO3. The number of rotatable bonds is 1. The average molecular weight is 310 g/mol. The number of amides is 1. The lowest BCUT2D eigenvalue weighted by molar-refractivity contribution is 0.0322. The van der Waals surface area contributed by atoms with Crippen molar-refractivity contribution in [2.75, 3.05) is 19.8 Å². The summed E-state index contributed by atoms with van der Waals surface area (Å²) < 4.78 is 10.9. The Kier molecular flexibility index (Phi) is 4.91. The van der Waals surface area contributed by atoms with E-state index >= 15 is 0 Å². The summed E-state index contributed by atoms with van der Waals surface area (Å²) in [6, 6.07) is 7.44. The van der Waals surface area contributed by atoms with E-state index in [0.717, 1.165) is 11.3 Å². The zero-order chi connectivity index (χ0) is 15.5. The molecule has 0 radical (unpaired) electrons. The highest BCUT2D eigenvalue weighted by molar-refractivity contribution is 6.32. The van der Waals surface area contributed by atoms with E-state index in [9.17, 15) is 4.79 Å². The maximum Gasteiger partial charge on any atom is 0.414 e. The molecule has 21 heavy (non-hydrogen) atoms. The van der Waals surface area contributed by atoms with Gasteiger partial charge < -0.3 is 9.47 Å². The molecule has 1 amide bonds. The van der Waals surface area contributed by atoms with Crippen LogP contribution in [0.25, 0.3) is 5.70 Å². The molecule has 0 atom stereocenters. The minimum atomic E-state index is -0.546. The van der Waals surface area contributed by atoms with Crippen LogP contribution in [0.4, 0.5) is 4.79 Å². The molecular weight excluding hydrogens is 290 g/mol. The topological polar surface area (TPSA) is 38.8 Å². The maximum atomic E-state index is 12.4. The third kappa shape index (κ3) is 4.22. The minimum Gasteiger partial charge on any atom is -0.443 e. The van der Waals surface area contributed by atoms with E-state index in [1.165, 1.54) is 0 Å². The van der Waals surface area contributed by atoms with Gasteiger partial charge in [-0.2, -0.15) is 0 Å². The third-order valence-corrected chi connectivity index (χ3v) is 3.24. The van der Waals surface area contributed by atoms with Gasteiger partial charge in [0.05, 0.1) is 25.5 Å². The van der Waals surface area contributed by atoms with Gasteiger partial charge in [-0.3, -0.25) is 4.90 Å². The molecule has 0 aromatic heterocycles. The first kappa shape index (κ1) is 15.9. The van der Waals surface area contributed by atoms with Crippen LogP contribution in [0.2, 0.25) is 5.02 Å². The number of ether oxygens (including phenoxy) is 2. The Morgan fingerprint density at radius 3 is 2.71 bits per heavy atom. The Hall–Kier alpha value is -1.52. The Balaban J connectivity index is 2.33. The molecule has 1 heterocycles. The standard InChI is InChI=1S/C16H20ClNO3/c1-16(2,3)21-15(19)18-9-11-20-10-8-14(18)12-6-4-5-7-13(12)17/h4-8H,9-11H2,1-3H3. The molecule has 0 unspecified atom stereocenters. The fourth-order valence-electron chi connectivity index (χ4n) is 2.04. The first-order valence-corrected chi connectivity index (χ1v) is 7.29. The first-order chi connectivity index (χ1) is 9.88. The van der Waals surface area contributed by atoms with E-state index in [0.29, 0.717) is 24.8 Å². The monoisotopic (exact) mass is 309 g/mol. The van der Waals surface area contributed by atoms with E-state index in [-0.39, 0.29) is 6.09 Å². The highest BCUT2D eigenvalue weighted by Gasteiger charge is 2.27. The third-order valence-electron chi connectivity index (χ3n) is 2.91. The second-order valence-corrected chi connectivity index (χ2v) is 6.18. The Bertz CT molecular complexity index is 549. The van der Waals surface area contributed by atoms with Gasteiger partial charge in [-0.25, -0.2) is 4.79 Å². The number of benzene rings is 1. The maximum absolute atomic E-state index is 12.4. The molecule has 0 fully saturated rings. The summed E-state index contributed by atoms with van der Waals surface area (Å²) in [7, 11) is 0. The van der Waals surface area contributed by atoms with Gasteiger partial charge in [0.15, 0.2) is 0 Å². The largest absolute Gasteiger partial charge is 0.443 e. The summed E-state index contributed by atoms with van der Waals surface area (Å²) in [5.41, 5.74) is 0.985. The molecule has 4 nitrogen and oxygen atoms in total. The van der Waals surface area contributed by atoms with Crippen LogP contribution in [0.5, 0.6) is 0 Å². The number of halogens is 1. The van der Waals surface area contributed by atoms with Crippen LogP contribution in [0.15, 0.2) is 30.3 Å². The fourth-order valence-corrected chi connectivity index (χ4v) is 2.27. The molecule has 114 valence electrons. The van der Waals surface area contributed by atoms with Gasteiger partial charge in [0, 0.05) is 10.6 Å². The Morgan fingerprint density at radius 1 is 1.33 bits per heavy atom. The SMILES string of the molecule is CC(C)(C)OC(=O)N1CCOCC=C1c1ccccc1Cl. The summed E-state index contributed by atoms with van der Waals surface area (Å²) in [6.45, 7) is 6.88. The van der Waals surface area contributed by atoms with E-state index in [1.54, 1.807) is 11.0 Å². The number of hydrogen-bond donors (Lipinski definition) is 0. The number of carbonyl (C=O) groups excluding carboxylic acids is 1. The lowest BCUT2D eigenvalue weighted by atomic mass is 10.1. The first-order valence-electron chi connectivity index (χ1n) is 6.92. The number of carbonyl (C=O) groups is 1. The van der Waals surface area contributed by atoms with Crippen LogP contribution < -0.4 is 0 Å². The van der Waals surface area contributed by atoms with Crippen molar-refractivity contribution in [3.05, 3.63) is 40.9 Å². The van der Waals surface area contributed by atoms with Crippen molar-refractivity contribution in [1.29, 1.82) is 0 Å². The molecule has 2 rings (SSSR count). The summed E-state index contributed by atoms with van der Waals surface area (Å²) in [6.07, 6.45) is 1.47. The van der Waals surface area contributed by atoms with E-state index in [1.807, 2.05) is 45.0 Å². The van der Waals surface area contributed by atoms with Crippen molar-refractivity contribution >= 4 is 23.4 Å². The van der Waals surface area contributed by atoms with Crippen LogP contribution in [-0.2, 0) is 9.47 Å². The highest BCUT2D eigenvalue weighted by Crippen LogP contribution is 2.28. The zero-order valence-electron chi connectivity index (χ0n) is 12.6. The predicted octanol–water partition coefficient (Wildman–Crippen LogP) is 3.95. The van der Waals surface area contributed by atoms with Gasteiger partial charge in [-0.05, 0) is 32.9 Å². The minimum absolute atomic E-state index is 0.390. The summed E-state index contributed by atoms with van der Waals surface area (Å²) >= 11 is 6.25. The zero-order valence-corrected chi connectivity index (χ0v) is 13.3. The van der Waals surface area contributed by atoms with Crippen molar-refractivity contribution in [1.82, 2.24) is 4.90 Å². The molecule has 1 aliphatic rings. The average Bonchev–Trinajstić information content (AvgIpc) is 2.63. The second-order valence-electron chi connectivity index (χ2n) is 5.78.